The van der Waals surface area contributed by atoms with Gasteiger partial charge in [-0.3, -0.25) is 0 Å². The molecular formula is C5H11NO2. The first-order valence-electron chi connectivity index (χ1n) is 2.33. The maximum absolute atomic E-state index is 8.43. The zero-order valence-electron chi connectivity index (χ0n) is 4.67. The Hall–Kier alpha value is -0.380. The summed E-state index contributed by atoms with van der Waals surface area (Å²) in [6.45, 7) is 2.79. The lowest BCUT2D eigenvalue weighted by molar-refractivity contribution is 0.152. The van der Waals surface area contributed by atoms with E-state index in [1.807, 2.05) is 0 Å². The zero-order chi connectivity index (χ0) is 6.62. The molecule has 0 unspecified atom stereocenters. The van der Waals surface area contributed by atoms with Crippen LogP contribution in [0.15, 0.2) is 12.7 Å². The van der Waals surface area contributed by atoms with Crippen molar-refractivity contribution in [3.63, 3.8) is 0 Å². The molecule has 8 heavy (non-hydrogen) atoms. The summed E-state index contributed by atoms with van der Waals surface area (Å²) in [6, 6.07) is 0. The van der Waals surface area contributed by atoms with Crippen LogP contribution in [0.3, 0.4) is 0 Å². The summed E-state index contributed by atoms with van der Waals surface area (Å²) in [5.74, 6) is 0. The number of nitrogens with two attached hydrogens (primary N) is 1. The predicted octanol–water partition coefficient (Wildman–Crippen LogP) is -1.15. The number of rotatable bonds is 3. The van der Waals surface area contributed by atoms with E-state index in [4.69, 9.17) is 15.9 Å². The van der Waals surface area contributed by atoms with E-state index in [2.05, 4.69) is 6.58 Å². The molecule has 3 nitrogen and oxygen atoms in total. The van der Waals surface area contributed by atoms with Crippen molar-refractivity contribution in [1.29, 1.82) is 0 Å². The van der Waals surface area contributed by atoms with E-state index in [0.29, 0.717) is 0 Å². The first-order chi connectivity index (χ1) is 3.68. The van der Waals surface area contributed by atoms with Crippen LogP contribution in [0.4, 0.5) is 0 Å². The minimum atomic E-state index is -1.00. The van der Waals surface area contributed by atoms with Gasteiger partial charge in [0.25, 0.3) is 0 Å². The molecular weight excluding hydrogens is 106 g/mol. The van der Waals surface area contributed by atoms with Crippen LogP contribution < -0.4 is 5.73 Å². The average molecular weight is 117 g/mol. The standard InChI is InChI=1S/C5H11NO2/c1-2-5(6,3-7)4-8/h2,7-8H,1,3-4,6H2. The fraction of sp³-hybridized carbons (Fsp3) is 0.600. The SMILES string of the molecule is C=CC(N)(CO)CO. The Morgan fingerprint density at radius 1 is 1.50 bits per heavy atom. The van der Waals surface area contributed by atoms with Gasteiger partial charge in [-0.2, -0.15) is 0 Å². The van der Waals surface area contributed by atoms with Crippen molar-refractivity contribution < 1.29 is 10.2 Å². The highest BCUT2D eigenvalue weighted by atomic mass is 16.3. The third-order valence-corrected chi connectivity index (χ3v) is 0.995. The summed E-state index contributed by atoms with van der Waals surface area (Å²) in [5.41, 5.74) is 4.28. The molecule has 0 rings (SSSR count). The Morgan fingerprint density at radius 3 is 1.88 bits per heavy atom. The minimum Gasteiger partial charge on any atom is -0.394 e. The Kier molecular flexibility index (Phi) is 2.68. The maximum Gasteiger partial charge on any atom is 0.0805 e. The van der Waals surface area contributed by atoms with Crippen LogP contribution in [0.1, 0.15) is 0 Å². The molecule has 0 heterocycles. The molecule has 0 atom stereocenters. The fourth-order valence-electron chi connectivity index (χ4n) is 0.179. The topological polar surface area (TPSA) is 66.5 Å². The van der Waals surface area contributed by atoms with Crippen LogP contribution in [0.25, 0.3) is 0 Å². The first kappa shape index (κ1) is 7.62. The lowest BCUT2D eigenvalue weighted by Gasteiger charge is -2.18. The van der Waals surface area contributed by atoms with E-state index in [1.165, 1.54) is 6.08 Å². The molecule has 0 saturated heterocycles. The summed E-state index contributed by atoms with van der Waals surface area (Å²) in [6.07, 6.45) is 1.33. The highest BCUT2D eigenvalue weighted by molar-refractivity contribution is 4.99. The Morgan fingerprint density at radius 2 is 1.88 bits per heavy atom. The third kappa shape index (κ3) is 1.61. The molecule has 0 bridgehead atoms. The molecule has 0 aliphatic carbocycles. The number of hydrogen-bond acceptors (Lipinski definition) is 3. The Labute approximate surface area is 48.4 Å². The van der Waals surface area contributed by atoms with Crippen LogP contribution in [0.5, 0.6) is 0 Å². The molecule has 3 heteroatoms. The Balaban J connectivity index is 3.76. The van der Waals surface area contributed by atoms with Crippen molar-refractivity contribution in [2.75, 3.05) is 13.2 Å². The molecule has 0 aliphatic rings. The Bertz CT molecular complexity index is 78.5. The second-order valence-electron chi connectivity index (χ2n) is 1.75. The lowest BCUT2D eigenvalue weighted by Crippen LogP contribution is -2.44. The zero-order valence-corrected chi connectivity index (χ0v) is 4.67. The molecule has 0 saturated carbocycles. The predicted molar refractivity (Wildman–Crippen MR) is 31.3 cm³/mol. The fourth-order valence-corrected chi connectivity index (χ4v) is 0.179. The summed E-state index contributed by atoms with van der Waals surface area (Å²) >= 11 is 0. The molecule has 0 aromatic carbocycles. The number of aliphatic hydroxyl groups is 2. The monoisotopic (exact) mass is 117 g/mol. The number of hydrogen-bond donors (Lipinski definition) is 3. The quantitative estimate of drug-likeness (QED) is 0.409. The van der Waals surface area contributed by atoms with Crippen LogP contribution in [0, 0.1) is 0 Å². The van der Waals surface area contributed by atoms with Crippen molar-refractivity contribution >= 4 is 0 Å². The number of aliphatic hydroxyl groups excluding tert-OH is 2. The van der Waals surface area contributed by atoms with E-state index in [1.54, 1.807) is 0 Å². The van der Waals surface area contributed by atoms with Crippen LogP contribution >= 0.6 is 0 Å². The van der Waals surface area contributed by atoms with Crippen LogP contribution in [-0.4, -0.2) is 29.0 Å². The largest absolute Gasteiger partial charge is 0.394 e. The van der Waals surface area contributed by atoms with Gasteiger partial charge in [0.2, 0.25) is 0 Å². The first-order valence-corrected chi connectivity index (χ1v) is 2.33. The van der Waals surface area contributed by atoms with E-state index in [-0.39, 0.29) is 13.2 Å². The van der Waals surface area contributed by atoms with Crippen LogP contribution in [-0.2, 0) is 0 Å². The molecule has 0 aromatic rings. The normalized spacial score (nSPS) is 11.4. The summed E-state index contributed by atoms with van der Waals surface area (Å²) in [7, 11) is 0. The van der Waals surface area contributed by atoms with Gasteiger partial charge in [0.1, 0.15) is 0 Å². The van der Waals surface area contributed by atoms with E-state index in [9.17, 15) is 0 Å². The molecule has 4 N–H and O–H groups in total. The van der Waals surface area contributed by atoms with Crippen molar-refractivity contribution in [2.45, 2.75) is 5.54 Å². The van der Waals surface area contributed by atoms with Gasteiger partial charge in [0, 0.05) is 0 Å². The molecule has 0 radical (unpaired) electrons. The summed E-state index contributed by atoms with van der Waals surface area (Å²) < 4.78 is 0. The van der Waals surface area contributed by atoms with Crippen molar-refractivity contribution in [3.8, 4) is 0 Å². The summed E-state index contributed by atoms with van der Waals surface area (Å²) in [5, 5.41) is 16.9. The van der Waals surface area contributed by atoms with E-state index >= 15 is 0 Å². The van der Waals surface area contributed by atoms with Gasteiger partial charge in [0.15, 0.2) is 0 Å². The molecule has 0 fully saturated rings. The molecule has 0 aromatic heterocycles. The van der Waals surface area contributed by atoms with Gasteiger partial charge in [-0.1, -0.05) is 6.08 Å². The van der Waals surface area contributed by atoms with Gasteiger partial charge < -0.3 is 15.9 Å². The van der Waals surface area contributed by atoms with Crippen molar-refractivity contribution in [3.05, 3.63) is 12.7 Å². The summed E-state index contributed by atoms with van der Waals surface area (Å²) in [4.78, 5) is 0. The molecule has 0 amide bonds. The van der Waals surface area contributed by atoms with Gasteiger partial charge in [-0.25, -0.2) is 0 Å². The highest BCUT2D eigenvalue weighted by Gasteiger charge is 2.16. The lowest BCUT2D eigenvalue weighted by atomic mass is 10.1. The minimum absolute atomic E-state index is 0.271. The molecule has 0 aliphatic heterocycles. The second-order valence-corrected chi connectivity index (χ2v) is 1.75. The highest BCUT2D eigenvalue weighted by Crippen LogP contribution is 1.96. The average Bonchev–Trinajstić information content (AvgIpc) is 1.87. The third-order valence-electron chi connectivity index (χ3n) is 0.995. The van der Waals surface area contributed by atoms with E-state index < -0.39 is 5.54 Å². The van der Waals surface area contributed by atoms with Gasteiger partial charge >= 0.3 is 0 Å². The maximum atomic E-state index is 8.43. The van der Waals surface area contributed by atoms with Gasteiger partial charge in [0.05, 0.1) is 18.8 Å². The van der Waals surface area contributed by atoms with Gasteiger partial charge in [-0.05, 0) is 0 Å². The van der Waals surface area contributed by atoms with Crippen molar-refractivity contribution in [1.82, 2.24) is 0 Å². The molecule has 48 valence electrons. The second kappa shape index (κ2) is 2.81. The van der Waals surface area contributed by atoms with E-state index in [0.717, 1.165) is 0 Å². The van der Waals surface area contributed by atoms with Crippen molar-refractivity contribution in [2.24, 2.45) is 5.73 Å². The smallest absolute Gasteiger partial charge is 0.0805 e. The molecule has 0 spiro atoms. The van der Waals surface area contributed by atoms with Crippen LogP contribution in [0.2, 0.25) is 0 Å². The van der Waals surface area contributed by atoms with Gasteiger partial charge in [-0.15, -0.1) is 6.58 Å².